The van der Waals surface area contributed by atoms with Gasteiger partial charge in [0.05, 0.1) is 12.1 Å². The topological polar surface area (TPSA) is 82.5 Å². The number of nitrogens with one attached hydrogen (secondary N) is 1. The van der Waals surface area contributed by atoms with Crippen LogP contribution in [0.25, 0.3) is 0 Å². The van der Waals surface area contributed by atoms with Crippen molar-refractivity contribution in [3.8, 4) is 0 Å². The molecule has 0 aromatic carbocycles. The van der Waals surface area contributed by atoms with Crippen LogP contribution in [0.1, 0.15) is 25.0 Å². The highest BCUT2D eigenvalue weighted by Crippen LogP contribution is 2.16. The van der Waals surface area contributed by atoms with Crippen LogP contribution in [-0.4, -0.2) is 46.5 Å². The van der Waals surface area contributed by atoms with E-state index in [0.29, 0.717) is 23.8 Å². The summed E-state index contributed by atoms with van der Waals surface area (Å²) in [4.78, 5) is 28.3. The molecule has 0 saturated carbocycles. The number of hydrogen-bond acceptors (Lipinski definition) is 5. The van der Waals surface area contributed by atoms with E-state index >= 15 is 0 Å². The van der Waals surface area contributed by atoms with Gasteiger partial charge in [-0.05, 0) is 12.8 Å². The summed E-state index contributed by atoms with van der Waals surface area (Å²) in [5.41, 5.74) is 0.547. The van der Waals surface area contributed by atoms with Crippen LogP contribution in [0, 0.1) is 0 Å². The summed E-state index contributed by atoms with van der Waals surface area (Å²) in [6.07, 6.45) is 2.59. The Hall–Kier alpha value is -1.63. The second-order valence-corrected chi connectivity index (χ2v) is 5.34. The summed E-state index contributed by atoms with van der Waals surface area (Å²) in [5.74, 6) is -0.714. The van der Waals surface area contributed by atoms with Gasteiger partial charge >= 0.3 is 5.97 Å². The fourth-order valence-corrected chi connectivity index (χ4v) is 2.76. The van der Waals surface area contributed by atoms with Gasteiger partial charge in [-0.3, -0.25) is 9.59 Å². The van der Waals surface area contributed by atoms with Gasteiger partial charge in [0, 0.05) is 31.4 Å². The first-order chi connectivity index (χ1) is 9.15. The lowest BCUT2D eigenvalue weighted by Crippen LogP contribution is -2.29. The molecule has 19 heavy (non-hydrogen) atoms. The number of likely N-dealkylation sites (tertiary alicyclic amines) is 1. The maximum absolute atomic E-state index is 11.8. The molecule has 1 aliphatic rings. The van der Waals surface area contributed by atoms with Crippen LogP contribution in [0.3, 0.4) is 0 Å². The van der Waals surface area contributed by atoms with Crippen molar-refractivity contribution in [2.24, 2.45) is 0 Å². The second-order valence-electron chi connectivity index (χ2n) is 4.48. The molecular weight excluding hydrogens is 266 g/mol. The van der Waals surface area contributed by atoms with Crippen LogP contribution in [0.4, 0.5) is 5.13 Å². The monoisotopic (exact) mass is 283 g/mol. The predicted molar refractivity (Wildman–Crippen MR) is 72.4 cm³/mol. The summed E-state index contributed by atoms with van der Waals surface area (Å²) < 4.78 is 0. The van der Waals surface area contributed by atoms with Gasteiger partial charge in [-0.25, -0.2) is 4.98 Å². The van der Waals surface area contributed by atoms with Gasteiger partial charge in [0.25, 0.3) is 0 Å². The van der Waals surface area contributed by atoms with Crippen molar-refractivity contribution in [1.29, 1.82) is 0 Å². The van der Waals surface area contributed by atoms with Crippen LogP contribution in [0.2, 0.25) is 0 Å². The van der Waals surface area contributed by atoms with Crippen molar-refractivity contribution < 1.29 is 14.7 Å². The van der Waals surface area contributed by atoms with Crippen LogP contribution < -0.4 is 5.32 Å². The first-order valence-electron chi connectivity index (χ1n) is 6.33. The largest absolute Gasteiger partial charge is 0.481 e. The zero-order valence-corrected chi connectivity index (χ0v) is 11.4. The maximum atomic E-state index is 11.8. The number of nitrogens with zero attached hydrogens (tertiary/aromatic N) is 2. The van der Waals surface area contributed by atoms with Crippen molar-refractivity contribution in [1.82, 2.24) is 9.88 Å². The van der Waals surface area contributed by atoms with E-state index in [-0.39, 0.29) is 12.3 Å². The number of rotatable bonds is 6. The molecule has 6 nitrogen and oxygen atoms in total. The van der Waals surface area contributed by atoms with Crippen LogP contribution in [-0.2, 0) is 16.0 Å². The highest BCUT2D eigenvalue weighted by molar-refractivity contribution is 7.13. The lowest BCUT2D eigenvalue weighted by Gasteiger charge is -2.14. The first kappa shape index (κ1) is 13.8. The Labute approximate surface area is 115 Å². The molecular formula is C12H17N3O3S. The number of amides is 1. The van der Waals surface area contributed by atoms with E-state index in [1.165, 1.54) is 11.3 Å². The van der Waals surface area contributed by atoms with Gasteiger partial charge in [-0.15, -0.1) is 11.3 Å². The molecule has 7 heteroatoms. The number of anilines is 1. The standard InChI is InChI=1S/C12H17N3O3S/c16-10(15-5-1-2-6-15)3-4-13-12-14-9(8-19-12)7-11(17)18/h8H,1-7H2,(H,13,14)(H,17,18). The Kier molecular flexibility index (Phi) is 4.73. The number of carbonyl (C=O) groups is 2. The van der Waals surface area contributed by atoms with Crippen molar-refractivity contribution >= 4 is 28.3 Å². The normalized spacial score (nSPS) is 14.6. The summed E-state index contributed by atoms with van der Waals surface area (Å²) in [5, 5.41) is 14.1. The average Bonchev–Trinajstić information content (AvgIpc) is 2.99. The average molecular weight is 283 g/mol. The molecule has 1 amide bonds. The summed E-state index contributed by atoms with van der Waals surface area (Å²) >= 11 is 1.36. The summed E-state index contributed by atoms with van der Waals surface area (Å²) in [6.45, 7) is 2.28. The number of hydrogen-bond donors (Lipinski definition) is 2. The number of carbonyl (C=O) groups excluding carboxylic acids is 1. The minimum atomic E-state index is -0.888. The number of carboxylic acids is 1. The highest BCUT2D eigenvalue weighted by atomic mass is 32.1. The van der Waals surface area contributed by atoms with Crippen molar-refractivity contribution in [3.05, 3.63) is 11.1 Å². The molecule has 1 aliphatic heterocycles. The van der Waals surface area contributed by atoms with Gasteiger partial charge in [0.2, 0.25) is 5.91 Å². The summed E-state index contributed by atoms with van der Waals surface area (Å²) in [7, 11) is 0. The van der Waals surface area contributed by atoms with Gasteiger partial charge < -0.3 is 15.3 Å². The van der Waals surface area contributed by atoms with E-state index in [1.807, 2.05) is 4.90 Å². The molecule has 2 rings (SSSR count). The third-order valence-electron chi connectivity index (χ3n) is 2.96. The van der Waals surface area contributed by atoms with Gasteiger partial charge in [-0.2, -0.15) is 0 Å². The van der Waals surface area contributed by atoms with Crippen molar-refractivity contribution in [3.63, 3.8) is 0 Å². The molecule has 104 valence electrons. The number of aliphatic carboxylic acids is 1. The minimum absolute atomic E-state index is 0.0646. The molecule has 1 aromatic rings. The fraction of sp³-hybridized carbons (Fsp3) is 0.583. The van der Waals surface area contributed by atoms with Crippen LogP contribution in [0.5, 0.6) is 0 Å². The van der Waals surface area contributed by atoms with Gasteiger partial charge in [0.15, 0.2) is 5.13 Å². The molecule has 0 aliphatic carbocycles. The zero-order valence-electron chi connectivity index (χ0n) is 10.6. The lowest BCUT2D eigenvalue weighted by atomic mass is 10.3. The van der Waals surface area contributed by atoms with E-state index < -0.39 is 5.97 Å². The number of carboxylic acid groups (broad SMARTS) is 1. The molecule has 1 aromatic heterocycles. The SMILES string of the molecule is O=C(O)Cc1csc(NCCC(=O)N2CCCC2)n1. The van der Waals surface area contributed by atoms with Crippen LogP contribution >= 0.6 is 11.3 Å². The molecule has 0 atom stereocenters. The van der Waals surface area contributed by atoms with Crippen LogP contribution in [0.15, 0.2) is 5.38 Å². The molecule has 0 radical (unpaired) electrons. The molecule has 2 heterocycles. The Morgan fingerprint density at radius 2 is 2.16 bits per heavy atom. The smallest absolute Gasteiger partial charge is 0.309 e. The first-order valence-corrected chi connectivity index (χ1v) is 7.21. The van der Waals surface area contributed by atoms with E-state index in [9.17, 15) is 9.59 Å². The highest BCUT2D eigenvalue weighted by Gasteiger charge is 2.17. The number of thiazole rings is 1. The number of aromatic nitrogens is 1. The molecule has 0 unspecified atom stereocenters. The fourth-order valence-electron chi connectivity index (χ4n) is 2.03. The Morgan fingerprint density at radius 3 is 2.84 bits per heavy atom. The van der Waals surface area contributed by atoms with E-state index in [4.69, 9.17) is 5.11 Å². The molecule has 1 saturated heterocycles. The zero-order chi connectivity index (χ0) is 13.7. The molecule has 1 fully saturated rings. The molecule has 2 N–H and O–H groups in total. The summed E-state index contributed by atoms with van der Waals surface area (Å²) in [6, 6.07) is 0. The third-order valence-corrected chi connectivity index (χ3v) is 3.81. The Balaban J connectivity index is 1.71. The quantitative estimate of drug-likeness (QED) is 0.819. The van der Waals surface area contributed by atoms with Gasteiger partial charge in [-0.1, -0.05) is 0 Å². The van der Waals surface area contributed by atoms with E-state index in [2.05, 4.69) is 10.3 Å². The van der Waals surface area contributed by atoms with E-state index in [0.717, 1.165) is 25.9 Å². The Morgan fingerprint density at radius 1 is 1.42 bits per heavy atom. The predicted octanol–water partition coefficient (Wildman–Crippen LogP) is 1.19. The maximum Gasteiger partial charge on any atom is 0.309 e. The Bertz CT molecular complexity index is 455. The minimum Gasteiger partial charge on any atom is -0.481 e. The van der Waals surface area contributed by atoms with Gasteiger partial charge in [0.1, 0.15) is 0 Å². The van der Waals surface area contributed by atoms with Crippen molar-refractivity contribution in [2.45, 2.75) is 25.7 Å². The second kappa shape index (κ2) is 6.51. The van der Waals surface area contributed by atoms with Crippen molar-refractivity contribution in [2.75, 3.05) is 25.0 Å². The third kappa shape index (κ3) is 4.20. The molecule has 0 spiro atoms. The molecule has 0 bridgehead atoms. The van der Waals surface area contributed by atoms with E-state index in [1.54, 1.807) is 5.38 Å². The lowest BCUT2D eigenvalue weighted by molar-refractivity contribution is -0.136.